The highest BCUT2D eigenvalue weighted by molar-refractivity contribution is 6.26. The standard InChI is InChI=1S/C47H34N2/c1-27-23-38(44-20-18-30-16-15-29-10-9-21-48-45(29)46(30)49-44)28(2)22-37(27)31-17-19-36-41-25-39-34-13-7-5-11-32(34)33-12-6-8-14-35(33)40(39)26-43(41)47(3,4)42(36)24-31/h5-26H,1-4H3. The molecule has 7 aromatic carbocycles. The van der Waals surface area contributed by atoms with Gasteiger partial charge in [0.25, 0.3) is 0 Å². The number of fused-ring (bicyclic) bond motifs is 12. The summed E-state index contributed by atoms with van der Waals surface area (Å²) >= 11 is 0. The van der Waals surface area contributed by atoms with Gasteiger partial charge in [-0.25, -0.2) is 4.98 Å². The smallest absolute Gasteiger partial charge is 0.0972 e. The van der Waals surface area contributed by atoms with Gasteiger partial charge >= 0.3 is 0 Å². The SMILES string of the molecule is Cc1cc(-c2ccc3ccc4cccnc4c3n2)c(C)cc1-c1ccc2c(c1)C(C)(C)c1cc3c4ccccc4c4ccccc4c3cc1-2. The summed E-state index contributed by atoms with van der Waals surface area (Å²) in [6.45, 7) is 9.22. The van der Waals surface area contributed by atoms with Crippen molar-refractivity contribution in [3.8, 4) is 33.5 Å². The molecular formula is C47H34N2. The first kappa shape index (κ1) is 28.2. The zero-order valence-electron chi connectivity index (χ0n) is 28.1. The minimum atomic E-state index is -0.129. The Kier molecular flexibility index (Phi) is 5.79. The van der Waals surface area contributed by atoms with Gasteiger partial charge in [0.05, 0.1) is 16.7 Å². The van der Waals surface area contributed by atoms with Crippen LogP contribution in [0.5, 0.6) is 0 Å². The molecule has 0 spiro atoms. The average Bonchev–Trinajstić information content (AvgIpc) is 3.36. The molecule has 0 saturated heterocycles. The van der Waals surface area contributed by atoms with Gasteiger partial charge in [0.15, 0.2) is 0 Å². The summed E-state index contributed by atoms with van der Waals surface area (Å²) in [6.07, 6.45) is 1.85. The minimum absolute atomic E-state index is 0.129. The van der Waals surface area contributed by atoms with Crippen LogP contribution in [-0.2, 0) is 5.41 Å². The number of hydrogen-bond acceptors (Lipinski definition) is 2. The Balaban J connectivity index is 1.11. The molecule has 0 fully saturated rings. The van der Waals surface area contributed by atoms with Crippen LogP contribution in [0.4, 0.5) is 0 Å². The van der Waals surface area contributed by atoms with Crippen LogP contribution in [0.3, 0.4) is 0 Å². The van der Waals surface area contributed by atoms with Crippen LogP contribution in [-0.4, -0.2) is 9.97 Å². The van der Waals surface area contributed by atoms with Gasteiger partial charge in [-0.15, -0.1) is 0 Å². The Bertz CT molecular complexity index is 2880. The maximum absolute atomic E-state index is 5.17. The molecule has 9 aromatic rings. The lowest BCUT2D eigenvalue weighted by atomic mass is 9.80. The van der Waals surface area contributed by atoms with E-state index in [1.165, 1.54) is 76.8 Å². The summed E-state index contributed by atoms with van der Waals surface area (Å²) < 4.78 is 0. The van der Waals surface area contributed by atoms with Crippen LogP contribution in [0.25, 0.3) is 87.6 Å². The number of pyridine rings is 2. The first-order valence-electron chi connectivity index (χ1n) is 17.2. The monoisotopic (exact) mass is 626 g/mol. The van der Waals surface area contributed by atoms with Crippen molar-refractivity contribution in [2.24, 2.45) is 0 Å². The molecule has 0 saturated carbocycles. The molecule has 0 atom stereocenters. The van der Waals surface area contributed by atoms with Gasteiger partial charge in [-0.2, -0.15) is 0 Å². The molecular weight excluding hydrogens is 593 g/mol. The zero-order valence-corrected chi connectivity index (χ0v) is 28.1. The lowest BCUT2D eigenvalue weighted by molar-refractivity contribution is 0.661. The Labute approximate surface area is 285 Å². The fraction of sp³-hybridized carbons (Fsp3) is 0.106. The first-order valence-corrected chi connectivity index (χ1v) is 17.2. The number of aryl methyl sites for hydroxylation is 2. The third kappa shape index (κ3) is 4.01. The summed E-state index contributed by atoms with van der Waals surface area (Å²) in [7, 11) is 0. The normalized spacial score (nSPS) is 13.5. The van der Waals surface area contributed by atoms with Gasteiger partial charge in [0.2, 0.25) is 0 Å². The second-order valence-electron chi connectivity index (χ2n) is 14.3. The molecule has 0 bridgehead atoms. The van der Waals surface area contributed by atoms with Gasteiger partial charge in [-0.1, -0.05) is 105 Å². The van der Waals surface area contributed by atoms with Crippen molar-refractivity contribution in [1.82, 2.24) is 9.97 Å². The zero-order chi connectivity index (χ0) is 33.0. The second kappa shape index (κ2) is 10.1. The van der Waals surface area contributed by atoms with E-state index in [2.05, 4.69) is 154 Å². The number of benzene rings is 7. The van der Waals surface area contributed by atoms with E-state index in [-0.39, 0.29) is 5.41 Å². The minimum Gasteiger partial charge on any atom is -0.254 e. The van der Waals surface area contributed by atoms with Crippen LogP contribution in [0.15, 0.2) is 134 Å². The van der Waals surface area contributed by atoms with Gasteiger partial charge in [0.1, 0.15) is 0 Å². The summed E-state index contributed by atoms with van der Waals surface area (Å²) in [5.74, 6) is 0. The van der Waals surface area contributed by atoms with Gasteiger partial charge < -0.3 is 0 Å². The molecule has 0 N–H and O–H groups in total. The van der Waals surface area contributed by atoms with Crippen LogP contribution >= 0.6 is 0 Å². The maximum atomic E-state index is 5.17. The van der Waals surface area contributed by atoms with Crippen LogP contribution in [0.1, 0.15) is 36.1 Å². The molecule has 10 rings (SSSR count). The van der Waals surface area contributed by atoms with Crippen molar-refractivity contribution in [1.29, 1.82) is 0 Å². The maximum Gasteiger partial charge on any atom is 0.0972 e. The molecule has 232 valence electrons. The van der Waals surface area contributed by atoms with Crippen molar-refractivity contribution < 1.29 is 0 Å². The van der Waals surface area contributed by atoms with Crippen LogP contribution in [0.2, 0.25) is 0 Å². The average molecular weight is 627 g/mol. The fourth-order valence-electron chi connectivity index (χ4n) is 8.58. The van der Waals surface area contributed by atoms with Crippen molar-refractivity contribution in [3.63, 3.8) is 0 Å². The fourth-order valence-corrected chi connectivity index (χ4v) is 8.58. The Hall–Kier alpha value is -5.86. The van der Waals surface area contributed by atoms with E-state index < -0.39 is 0 Å². The molecule has 0 radical (unpaired) electrons. The third-order valence-electron chi connectivity index (χ3n) is 11.1. The van der Waals surface area contributed by atoms with Crippen LogP contribution < -0.4 is 0 Å². The number of hydrogen-bond donors (Lipinski definition) is 0. The lowest BCUT2D eigenvalue weighted by Gasteiger charge is -2.23. The number of aromatic nitrogens is 2. The molecule has 2 heteroatoms. The second-order valence-corrected chi connectivity index (χ2v) is 14.3. The highest BCUT2D eigenvalue weighted by atomic mass is 14.8. The Morgan fingerprint density at radius 3 is 1.78 bits per heavy atom. The molecule has 0 aliphatic heterocycles. The molecule has 1 aliphatic rings. The van der Waals surface area contributed by atoms with E-state index in [4.69, 9.17) is 4.98 Å². The van der Waals surface area contributed by atoms with Gasteiger partial charge in [-0.3, -0.25) is 4.98 Å². The highest BCUT2D eigenvalue weighted by Crippen LogP contribution is 2.52. The van der Waals surface area contributed by atoms with Gasteiger partial charge in [0, 0.05) is 27.9 Å². The first-order chi connectivity index (χ1) is 23.9. The summed E-state index contributed by atoms with van der Waals surface area (Å²) in [4.78, 5) is 9.84. The van der Waals surface area contributed by atoms with E-state index in [1.54, 1.807) is 0 Å². The number of rotatable bonds is 2. The molecule has 2 heterocycles. The van der Waals surface area contributed by atoms with Crippen molar-refractivity contribution in [3.05, 3.63) is 156 Å². The third-order valence-corrected chi connectivity index (χ3v) is 11.1. The van der Waals surface area contributed by atoms with Crippen molar-refractivity contribution in [2.45, 2.75) is 33.1 Å². The molecule has 0 amide bonds. The van der Waals surface area contributed by atoms with E-state index in [9.17, 15) is 0 Å². The van der Waals surface area contributed by atoms with E-state index >= 15 is 0 Å². The molecule has 2 aromatic heterocycles. The van der Waals surface area contributed by atoms with Crippen molar-refractivity contribution >= 4 is 54.1 Å². The molecule has 2 nitrogen and oxygen atoms in total. The van der Waals surface area contributed by atoms with E-state index in [0.29, 0.717) is 0 Å². The predicted octanol–water partition coefficient (Wildman–Crippen LogP) is 12.5. The largest absolute Gasteiger partial charge is 0.254 e. The molecule has 1 aliphatic carbocycles. The highest BCUT2D eigenvalue weighted by Gasteiger charge is 2.36. The Morgan fingerprint density at radius 1 is 0.449 bits per heavy atom. The molecule has 0 unspecified atom stereocenters. The van der Waals surface area contributed by atoms with Crippen LogP contribution in [0, 0.1) is 13.8 Å². The summed E-state index contributed by atoms with van der Waals surface area (Å²) in [5.41, 5.74) is 14.4. The molecule has 49 heavy (non-hydrogen) atoms. The quantitative estimate of drug-likeness (QED) is 0.178. The van der Waals surface area contributed by atoms with E-state index in [1.807, 2.05) is 12.3 Å². The lowest BCUT2D eigenvalue weighted by Crippen LogP contribution is -2.15. The Morgan fingerprint density at radius 2 is 1.04 bits per heavy atom. The van der Waals surface area contributed by atoms with Crippen molar-refractivity contribution in [2.75, 3.05) is 0 Å². The number of nitrogens with zero attached hydrogens (tertiary/aromatic N) is 2. The summed E-state index contributed by atoms with van der Waals surface area (Å²) in [6, 6.07) is 47.1. The topological polar surface area (TPSA) is 25.8 Å². The van der Waals surface area contributed by atoms with E-state index in [0.717, 1.165) is 33.1 Å². The summed E-state index contributed by atoms with van der Waals surface area (Å²) in [5, 5.41) is 10.2. The predicted molar refractivity (Wildman–Crippen MR) is 207 cm³/mol. The van der Waals surface area contributed by atoms with Gasteiger partial charge in [-0.05, 0) is 127 Å².